The molecule has 3 heterocycles. The summed E-state index contributed by atoms with van der Waals surface area (Å²) in [5, 5.41) is 3.51. The Labute approximate surface area is 130 Å². The molecule has 2 aromatic heterocycles. The molecule has 4 nitrogen and oxygen atoms in total. The number of piperazine rings is 1. The molecule has 3 rings (SSSR count). The molecule has 5 heteroatoms. The van der Waals surface area contributed by atoms with Crippen LogP contribution in [0.1, 0.15) is 30.2 Å². The molecule has 1 saturated heterocycles. The molecule has 0 saturated carbocycles. The zero-order valence-corrected chi connectivity index (χ0v) is 14.0. The second kappa shape index (κ2) is 5.91. The van der Waals surface area contributed by atoms with E-state index < -0.39 is 0 Å². The second-order valence-electron chi connectivity index (χ2n) is 6.02. The number of oxazole rings is 1. The molecule has 0 aromatic carbocycles. The van der Waals surface area contributed by atoms with Crippen molar-refractivity contribution in [1.29, 1.82) is 0 Å². The number of thiophene rings is 1. The van der Waals surface area contributed by atoms with Crippen LogP contribution in [0.15, 0.2) is 16.5 Å². The van der Waals surface area contributed by atoms with Crippen LogP contribution in [0.4, 0.5) is 0 Å². The predicted molar refractivity (Wildman–Crippen MR) is 86.6 cm³/mol. The fourth-order valence-corrected chi connectivity index (χ4v) is 3.53. The summed E-state index contributed by atoms with van der Waals surface area (Å²) >= 11 is 1.73. The van der Waals surface area contributed by atoms with Gasteiger partial charge in [0.05, 0.1) is 10.6 Å². The highest BCUT2D eigenvalue weighted by Gasteiger charge is 2.24. The maximum absolute atomic E-state index is 5.87. The lowest BCUT2D eigenvalue weighted by Crippen LogP contribution is -2.53. The molecule has 0 aliphatic carbocycles. The highest BCUT2D eigenvalue weighted by atomic mass is 32.1. The Morgan fingerprint density at radius 2 is 2.19 bits per heavy atom. The van der Waals surface area contributed by atoms with E-state index in [1.165, 1.54) is 4.88 Å². The molecule has 1 N–H and O–H groups in total. The van der Waals surface area contributed by atoms with Crippen LogP contribution in [-0.4, -0.2) is 35.1 Å². The number of hydrogen-bond acceptors (Lipinski definition) is 5. The number of hydrogen-bond donors (Lipinski definition) is 1. The molecule has 0 unspecified atom stereocenters. The molecule has 1 fully saturated rings. The van der Waals surface area contributed by atoms with E-state index >= 15 is 0 Å². The van der Waals surface area contributed by atoms with Crippen LogP contribution in [0.25, 0.3) is 10.8 Å². The van der Waals surface area contributed by atoms with Crippen LogP contribution in [0.3, 0.4) is 0 Å². The smallest absolute Gasteiger partial charge is 0.236 e. The number of aromatic nitrogens is 1. The average molecular weight is 305 g/mol. The lowest BCUT2D eigenvalue weighted by atomic mass is 10.1. The van der Waals surface area contributed by atoms with Crippen molar-refractivity contribution in [3.8, 4) is 10.8 Å². The van der Waals surface area contributed by atoms with Gasteiger partial charge in [-0.2, -0.15) is 0 Å². The van der Waals surface area contributed by atoms with Crippen LogP contribution in [0, 0.1) is 13.8 Å². The molecule has 1 aliphatic heterocycles. The van der Waals surface area contributed by atoms with E-state index in [2.05, 4.69) is 43.1 Å². The molecule has 114 valence electrons. The summed E-state index contributed by atoms with van der Waals surface area (Å²) in [5.74, 6) is 1.70. The molecule has 0 radical (unpaired) electrons. The third kappa shape index (κ3) is 3.20. The summed E-state index contributed by atoms with van der Waals surface area (Å²) in [6.45, 7) is 11.6. The van der Waals surface area contributed by atoms with E-state index in [-0.39, 0.29) is 0 Å². The summed E-state index contributed by atoms with van der Waals surface area (Å²) < 4.78 is 5.87. The topological polar surface area (TPSA) is 41.3 Å². The molecular formula is C16H23N3OS. The van der Waals surface area contributed by atoms with Crippen LogP contribution in [0.2, 0.25) is 0 Å². The van der Waals surface area contributed by atoms with Crippen molar-refractivity contribution in [2.45, 2.75) is 46.3 Å². The largest absolute Gasteiger partial charge is 0.440 e. The van der Waals surface area contributed by atoms with Crippen molar-refractivity contribution in [2.75, 3.05) is 13.1 Å². The average Bonchev–Trinajstić information content (AvgIpc) is 3.01. The zero-order valence-electron chi connectivity index (χ0n) is 13.1. The first kappa shape index (κ1) is 14.8. The van der Waals surface area contributed by atoms with Gasteiger partial charge in [-0.15, -0.1) is 11.3 Å². The van der Waals surface area contributed by atoms with Crippen molar-refractivity contribution in [2.24, 2.45) is 0 Å². The van der Waals surface area contributed by atoms with E-state index in [1.54, 1.807) is 11.3 Å². The Hall–Kier alpha value is -1.17. The van der Waals surface area contributed by atoms with E-state index in [4.69, 9.17) is 9.40 Å². The lowest BCUT2D eigenvalue weighted by molar-refractivity contribution is 0.137. The molecule has 21 heavy (non-hydrogen) atoms. The van der Waals surface area contributed by atoms with E-state index in [9.17, 15) is 0 Å². The second-order valence-corrected chi connectivity index (χ2v) is 7.31. The van der Waals surface area contributed by atoms with Crippen molar-refractivity contribution in [3.63, 3.8) is 0 Å². The van der Waals surface area contributed by atoms with Crippen LogP contribution in [-0.2, 0) is 6.54 Å². The third-order valence-corrected chi connectivity index (χ3v) is 5.08. The van der Waals surface area contributed by atoms with Gasteiger partial charge in [-0.3, -0.25) is 4.90 Å². The molecule has 0 amide bonds. The third-order valence-electron chi connectivity index (χ3n) is 4.09. The van der Waals surface area contributed by atoms with Gasteiger partial charge in [-0.25, -0.2) is 4.98 Å². The summed E-state index contributed by atoms with van der Waals surface area (Å²) in [6.07, 6.45) is 0. The Balaban J connectivity index is 1.78. The number of aryl methyl sites for hydroxylation is 2. The monoisotopic (exact) mass is 305 g/mol. The summed E-state index contributed by atoms with van der Waals surface area (Å²) in [4.78, 5) is 9.61. The number of rotatable bonds is 3. The van der Waals surface area contributed by atoms with Gasteiger partial charge in [0, 0.05) is 36.6 Å². The van der Waals surface area contributed by atoms with Crippen LogP contribution in [0.5, 0.6) is 0 Å². The molecule has 0 spiro atoms. The Morgan fingerprint density at radius 1 is 1.38 bits per heavy atom. The molecule has 2 atom stereocenters. The first-order valence-electron chi connectivity index (χ1n) is 7.53. The zero-order chi connectivity index (χ0) is 15.0. The van der Waals surface area contributed by atoms with Gasteiger partial charge in [-0.1, -0.05) is 0 Å². The fourth-order valence-electron chi connectivity index (χ4n) is 2.74. The van der Waals surface area contributed by atoms with Gasteiger partial charge >= 0.3 is 0 Å². The van der Waals surface area contributed by atoms with Gasteiger partial charge in [-0.05, 0) is 39.8 Å². The van der Waals surface area contributed by atoms with Crippen molar-refractivity contribution >= 4 is 11.3 Å². The van der Waals surface area contributed by atoms with Crippen LogP contribution >= 0.6 is 11.3 Å². The van der Waals surface area contributed by atoms with Gasteiger partial charge in [0.15, 0.2) is 0 Å². The molecule has 1 aliphatic rings. The Kier molecular flexibility index (Phi) is 4.15. The Bertz CT molecular complexity index is 619. The predicted octanol–water partition coefficient (Wildman–Crippen LogP) is 3.20. The highest BCUT2D eigenvalue weighted by molar-refractivity contribution is 7.15. The molecule has 2 aromatic rings. The standard InChI is InChI=1S/C16H23N3OS/c1-10-8-19(11(2)7-17-10)9-14-13(4)20-16(18-14)15-6-5-12(3)21-15/h5-6,10-11,17H,7-9H2,1-4H3/t10-,11+/m1/s1. The van der Waals surface area contributed by atoms with Gasteiger partial charge in [0.25, 0.3) is 0 Å². The SMILES string of the molecule is Cc1ccc(-c2nc(CN3C[C@@H](C)NC[C@@H]3C)c(C)o2)s1. The normalized spacial score (nSPS) is 23.6. The van der Waals surface area contributed by atoms with Crippen molar-refractivity contribution in [3.05, 3.63) is 28.5 Å². The minimum Gasteiger partial charge on any atom is -0.440 e. The first-order valence-corrected chi connectivity index (χ1v) is 8.35. The maximum Gasteiger partial charge on any atom is 0.236 e. The van der Waals surface area contributed by atoms with Crippen molar-refractivity contribution in [1.82, 2.24) is 15.2 Å². The summed E-state index contributed by atoms with van der Waals surface area (Å²) in [5.41, 5.74) is 1.07. The maximum atomic E-state index is 5.87. The van der Waals surface area contributed by atoms with E-state index in [0.29, 0.717) is 12.1 Å². The minimum atomic E-state index is 0.532. The van der Waals surface area contributed by atoms with Crippen LogP contribution < -0.4 is 5.32 Å². The van der Waals surface area contributed by atoms with E-state index in [0.717, 1.165) is 41.9 Å². The lowest BCUT2D eigenvalue weighted by Gasteiger charge is -2.37. The molecular weight excluding hydrogens is 282 g/mol. The number of nitrogens with one attached hydrogen (secondary N) is 1. The first-order chi connectivity index (χ1) is 10.0. The summed E-state index contributed by atoms with van der Waals surface area (Å²) in [7, 11) is 0. The Morgan fingerprint density at radius 3 is 2.90 bits per heavy atom. The van der Waals surface area contributed by atoms with Gasteiger partial charge in [0.2, 0.25) is 5.89 Å². The van der Waals surface area contributed by atoms with E-state index in [1.807, 2.05) is 6.92 Å². The van der Waals surface area contributed by atoms with Gasteiger partial charge in [0.1, 0.15) is 5.76 Å². The quantitative estimate of drug-likeness (QED) is 0.945. The summed E-state index contributed by atoms with van der Waals surface area (Å²) in [6, 6.07) is 5.27. The fraction of sp³-hybridized carbons (Fsp3) is 0.562. The minimum absolute atomic E-state index is 0.532. The highest BCUT2D eigenvalue weighted by Crippen LogP contribution is 2.29. The van der Waals surface area contributed by atoms with Crippen molar-refractivity contribution < 1.29 is 4.42 Å². The van der Waals surface area contributed by atoms with Gasteiger partial charge < -0.3 is 9.73 Å². The molecule has 0 bridgehead atoms. The number of nitrogens with zero attached hydrogens (tertiary/aromatic N) is 2.